The lowest BCUT2D eigenvalue weighted by Gasteiger charge is -2.39. The Morgan fingerprint density at radius 2 is 1.83 bits per heavy atom. The number of anilines is 3. The standard InChI is InChI=1S/C25H23F2N7O/c26-25(27)14-34(15-25)22-11-18(5-6-29-22)30-24(35)23-20-10-16(3-4-21(20)31-32-23)17-9-19(13-28-12-17)33-7-1-2-8-33/h3-6,9-13H,1-2,7-8,14-15H2,(H,31,32)(H,29,30,35). The van der Waals surface area contributed by atoms with E-state index in [1.54, 1.807) is 12.1 Å². The van der Waals surface area contributed by atoms with Gasteiger partial charge in [-0.05, 0) is 42.7 Å². The van der Waals surface area contributed by atoms with Gasteiger partial charge in [-0.25, -0.2) is 13.8 Å². The molecule has 2 aliphatic heterocycles. The third kappa shape index (κ3) is 4.16. The molecule has 6 rings (SSSR count). The first-order chi connectivity index (χ1) is 16.9. The summed E-state index contributed by atoms with van der Waals surface area (Å²) in [5, 5.41) is 10.6. The van der Waals surface area contributed by atoms with Crippen LogP contribution in [0.4, 0.5) is 26.0 Å². The van der Waals surface area contributed by atoms with Gasteiger partial charge in [-0.3, -0.25) is 14.9 Å². The first-order valence-electron chi connectivity index (χ1n) is 11.5. The van der Waals surface area contributed by atoms with Crippen LogP contribution < -0.4 is 15.1 Å². The summed E-state index contributed by atoms with van der Waals surface area (Å²) in [4.78, 5) is 25.4. The molecule has 0 unspecified atom stereocenters. The molecule has 10 heteroatoms. The number of hydrogen-bond acceptors (Lipinski definition) is 6. The van der Waals surface area contributed by atoms with E-state index >= 15 is 0 Å². The predicted molar refractivity (Wildman–Crippen MR) is 130 cm³/mol. The van der Waals surface area contributed by atoms with Crippen LogP contribution in [0, 0.1) is 0 Å². The van der Waals surface area contributed by atoms with E-state index in [1.165, 1.54) is 23.9 Å². The topological polar surface area (TPSA) is 90.0 Å². The molecule has 0 atom stereocenters. The maximum atomic E-state index is 13.2. The number of nitrogens with one attached hydrogen (secondary N) is 2. The maximum absolute atomic E-state index is 13.2. The second-order valence-electron chi connectivity index (χ2n) is 9.03. The number of alkyl halides is 2. The van der Waals surface area contributed by atoms with E-state index in [-0.39, 0.29) is 18.8 Å². The number of fused-ring (bicyclic) bond motifs is 1. The van der Waals surface area contributed by atoms with Gasteiger partial charge in [-0.15, -0.1) is 0 Å². The summed E-state index contributed by atoms with van der Waals surface area (Å²) in [6.07, 6.45) is 7.57. The molecule has 5 heterocycles. The highest BCUT2D eigenvalue weighted by atomic mass is 19.3. The zero-order valence-electron chi connectivity index (χ0n) is 18.8. The molecule has 3 aromatic heterocycles. The van der Waals surface area contributed by atoms with Gasteiger partial charge in [0.2, 0.25) is 0 Å². The Kier molecular flexibility index (Phi) is 5.09. The molecule has 0 radical (unpaired) electrons. The molecule has 178 valence electrons. The molecular weight excluding hydrogens is 452 g/mol. The van der Waals surface area contributed by atoms with Gasteiger partial charge < -0.3 is 15.1 Å². The molecule has 0 spiro atoms. The largest absolute Gasteiger partial charge is 0.370 e. The molecule has 0 bridgehead atoms. The van der Waals surface area contributed by atoms with Crippen molar-refractivity contribution < 1.29 is 13.6 Å². The molecule has 8 nitrogen and oxygen atoms in total. The molecule has 0 aliphatic carbocycles. The Balaban J connectivity index is 1.25. The third-order valence-electron chi connectivity index (χ3n) is 6.48. The lowest BCUT2D eigenvalue weighted by Crippen LogP contribution is -2.56. The van der Waals surface area contributed by atoms with Crippen LogP contribution in [0.2, 0.25) is 0 Å². The molecule has 0 saturated carbocycles. The van der Waals surface area contributed by atoms with Crippen LogP contribution in [0.5, 0.6) is 0 Å². The summed E-state index contributed by atoms with van der Waals surface area (Å²) in [7, 11) is 0. The lowest BCUT2D eigenvalue weighted by molar-refractivity contribution is -0.0267. The second-order valence-corrected chi connectivity index (χ2v) is 9.03. The summed E-state index contributed by atoms with van der Waals surface area (Å²) < 4.78 is 26.4. The van der Waals surface area contributed by atoms with E-state index in [4.69, 9.17) is 0 Å². The maximum Gasteiger partial charge on any atom is 0.282 e. The molecule has 2 saturated heterocycles. The number of halogens is 2. The molecular formula is C25H23F2N7O. The Morgan fingerprint density at radius 3 is 2.63 bits per heavy atom. The minimum atomic E-state index is -2.70. The molecule has 35 heavy (non-hydrogen) atoms. The fraction of sp³-hybridized carbons (Fsp3) is 0.280. The van der Waals surface area contributed by atoms with E-state index in [0.29, 0.717) is 16.9 Å². The van der Waals surface area contributed by atoms with E-state index in [1.807, 2.05) is 30.6 Å². The number of benzene rings is 1. The van der Waals surface area contributed by atoms with Crippen molar-refractivity contribution in [3.05, 3.63) is 60.7 Å². The van der Waals surface area contributed by atoms with E-state index in [0.717, 1.165) is 35.4 Å². The number of aromatic nitrogens is 4. The fourth-order valence-electron chi connectivity index (χ4n) is 4.63. The Labute approximate surface area is 200 Å². The van der Waals surface area contributed by atoms with Gasteiger partial charge >= 0.3 is 0 Å². The van der Waals surface area contributed by atoms with Crippen LogP contribution in [0.1, 0.15) is 23.3 Å². The highest BCUT2D eigenvalue weighted by molar-refractivity contribution is 6.11. The zero-order valence-corrected chi connectivity index (χ0v) is 18.8. The number of pyridine rings is 2. The first-order valence-corrected chi connectivity index (χ1v) is 11.5. The van der Waals surface area contributed by atoms with Gasteiger partial charge in [0.05, 0.1) is 30.5 Å². The van der Waals surface area contributed by atoms with E-state index in [2.05, 4.69) is 36.4 Å². The van der Waals surface area contributed by atoms with Crippen molar-refractivity contribution in [1.82, 2.24) is 20.2 Å². The average Bonchev–Trinajstić information content (AvgIpc) is 3.53. The Bertz CT molecular complexity index is 1410. The predicted octanol–water partition coefficient (Wildman–Crippen LogP) is 4.33. The van der Waals surface area contributed by atoms with Crippen LogP contribution >= 0.6 is 0 Å². The molecule has 2 N–H and O–H groups in total. The number of rotatable bonds is 5. The Hall–Kier alpha value is -4.08. The number of aromatic amines is 1. The highest BCUT2D eigenvalue weighted by Gasteiger charge is 2.44. The summed E-state index contributed by atoms with van der Waals surface area (Å²) in [5.74, 6) is -2.70. The molecule has 2 fully saturated rings. The molecule has 1 aromatic carbocycles. The minimum absolute atomic E-state index is 0.249. The van der Waals surface area contributed by atoms with Crippen molar-refractivity contribution in [2.45, 2.75) is 18.8 Å². The van der Waals surface area contributed by atoms with Crippen LogP contribution in [0.25, 0.3) is 22.0 Å². The fourth-order valence-corrected chi connectivity index (χ4v) is 4.63. The minimum Gasteiger partial charge on any atom is -0.370 e. The third-order valence-corrected chi connectivity index (χ3v) is 6.48. The van der Waals surface area contributed by atoms with Crippen molar-refractivity contribution in [1.29, 1.82) is 0 Å². The van der Waals surface area contributed by atoms with Crippen molar-refractivity contribution >= 4 is 34.0 Å². The summed E-state index contributed by atoms with van der Waals surface area (Å²) in [6, 6.07) is 11.1. The zero-order chi connectivity index (χ0) is 24.0. The van der Waals surface area contributed by atoms with Gasteiger partial charge in [0.1, 0.15) is 5.82 Å². The van der Waals surface area contributed by atoms with Crippen molar-refractivity contribution in [2.75, 3.05) is 41.3 Å². The van der Waals surface area contributed by atoms with Gasteiger partial charge in [-0.2, -0.15) is 5.10 Å². The highest BCUT2D eigenvalue weighted by Crippen LogP contribution is 2.32. The number of amides is 1. The smallest absolute Gasteiger partial charge is 0.282 e. The number of H-pyrrole nitrogens is 1. The summed E-state index contributed by atoms with van der Waals surface area (Å²) >= 11 is 0. The quantitative estimate of drug-likeness (QED) is 0.447. The van der Waals surface area contributed by atoms with Gasteiger partial charge in [-0.1, -0.05) is 6.07 Å². The van der Waals surface area contributed by atoms with Gasteiger partial charge in [0, 0.05) is 48.2 Å². The van der Waals surface area contributed by atoms with Crippen molar-refractivity contribution in [3.8, 4) is 11.1 Å². The lowest BCUT2D eigenvalue weighted by atomic mass is 10.0. The van der Waals surface area contributed by atoms with Crippen LogP contribution in [0.3, 0.4) is 0 Å². The average molecular weight is 476 g/mol. The van der Waals surface area contributed by atoms with Crippen LogP contribution in [0.15, 0.2) is 55.0 Å². The second kappa shape index (κ2) is 8.30. The van der Waals surface area contributed by atoms with Gasteiger partial charge in [0.25, 0.3) is 11.8 Å². The first kappa shape index (κ1) is 21.5. The van der Waals surface area contributed by atoms with E-state index in [9.17, 15) is 13.6 Å². The summed E-state index contributed by atoms with van der Waals surface area (Å²) in [6.45, 7) is 1.32. The number of carbonyl (C=O) groups excluding carboxylic acids is 1. The molecule has 2 aliphatic rings. The SMILES string of the molecule is O=C(Nc1ccnc(N2CC(F)(F)C2)c1)c1n[nH]c2ccc(-c3cncc(N4CCCC4)c3)cc12. The van der Waals surface area contributed by atoms with E-state index < -0.39 is 11.8 Å². The van der Waals surface area contributed by atoms with Crippen LogP contribution in [-0.4, -0.2) is 58.2 Å². The van der Waals surface area contributed by atoms with Crippen LogP contribution in [-0.2, 0) is 0 Å². The summed E-state index contributed by atoms with van der Waals surface area (Å²) in [5.41, 5.74) is 4.45. The number of carbonyl (C=O) groups is 1. The monoisotopic (exact) mass is 475 g/mol. The van der Waals surface area contributed by atoms with Crippen molar-refractivity contribution in [3.63, 3.8) is 0 Å². The van der Waals surface area contributed by atoms with Gasteiger partial charge in [0.15, 0.2) is 5.69 Å². The van der Waals surface area contributed by atoms with Crippen molar-refractivity contribution in [2.24, 2.45) is 0 Å². The number of nitrogens with zero attached hydrogens (tertiary/aromatic N) is 5. The molecule has 1 amide bonds. The Morgan fingerprint density at radius 1 is 1.00 bits per heavy atom. The number of hydrogen-bond donors (Lipinski definition) is 2. The normalized spacial score (nSPS) is 17.0. The molecule has 4 aromatic rings.